The minimum Gasteiger partial charge on any atom is -0.461 e. The molecule has 1 N–H and O–H groups in total. The highest BCUT2D eigenvalue weighted by Crippen LogP contribution is 2.20. The van der Waals surface area contributed by atoms with Crippen molar-refractivity contribution in [2.75, 3.05) is 33.0 Å². The molecule has 7 nitrogen and oxygen atoms in total. The van der Waals surface area contributed by atoms with Crippen LogP contribution in [0.1, 0.15) is 21.9 Å². The van der Waals surface area contributed by atoms with Crippen LogP contribution in [0.15, 0.2) is 47.1 Å². The number of hydrogen-bond donors (Lipinski definition) is 1. The van der Waals surface area contributed by atoms with Crippen LogP contribution in [0.3, 0.4) is 0 Å². The first kappa shape index (κ1) is 16.7. The van der Waals surface area contributed by atoms with Crippen LogP contribution < -0.4 is 5.32 Å². The molecule has 0 atom stereocenters. The van der Waals surface area contributed by atoms with Crippen LogP contribution in [0.2, 0.25) is 0 Å². The van der Waals surface area contributed by atoms with Crippen molar-refractivity contribution in [3.63, 3.8) is 0 Å². The van der Waals surface area contributed by atoms with Crippen LogP contribution >= 0.6 is 0 Å². The summed E-state index contributed by atoms with van der Waals surface area (Å²) in [6.45, 7) is 3.45. The minimum atomic E-state index is -0.283. The highest BCUT2D eigenvalue weighted by molar-refractivity contribution is 5.92. The fraction of sp³-hybridized carbons (Fsp3) is 0.316. The lowest BCUT2D eigenvalue weighted by atomic mass is 10.1. The van der Waals surface area contributed by atoms with E-state index in [1.807, 2.05) is 30.3 Å². The van der Waals surface area contributed by atoms with Crippen molar-refractivity contribution in [3.8, 4) is 0 Å². The topological polar surface area (TPSA) is 80.5 Å². The predicted octanol–water partition coefficient (Wildman–Crippen LogP) is 1.83. The van der Waals surface area contributed by atoms with Gasteiger partial charge in [-0.25, -0.2) is 9.97 Å². The van der Waals surface area contributed by atoms with Crippen LogP contribution in [0.25, 0.3) is 11.1 Å². The molecule has 1 aliphatic heterocycles. The molecule has 7 heteroatoms. The number of fused-ring (bicyclic) bond motifs is 1. The van der Waals surface area contributed by atoms with E-state index in [4.69, 9.17) is 9.15 Å². The van der Waals surface area contributed by atoms with Crippen LogP contribution in [-0.4, -0.2) is 53.7 Å². The number of furan rings is 1. The molecule has 0 bridgehead atoms. The summed E-state index contributed by atoms with van der Waals surface area (Å²) in [5.41, 5.74) is 3.08. The molecule has 0 aliphatic carbocycles. The number of carbonyl (C=O) groups is 1. The summed E-state index contributed by atoms with van der Waals surface area (Å²) >= 11 is 0. The van der Waals surface area contributed by atoms with Gasteiger partial charge in [-0.05, 0) is 5.56 Å². The van der Waals surface area contributed by atoms with E-state index in [1.165, 1.54) is 0 Å². The van der Waals surface area contributed by atoms with Gasteiger partial charge in [-0.2, -0.15) is 0 Å². The van der Waals surface area contributed by atoms with Gasteiger partial charge in [0.05, 0.1) is 31.8 Å². The van der Waals surface area contributed by atoms with E-state index in [1.54, 1.807) is 12.3 Å². The Morgan fingerprint density at radius 3 is 2.73 bits per heavy atom. The number of benzene rings is 1. The van der Waals surface area contributed by atoms with Gasteiger partial charge >= 0.3 is 0 Å². The summed E-state index contributed by atoms with van der Waals surface area (Å²) in [5.74, 6) is -0.119. The first-order valence-electron chi connectivity index (χ1n) is 8.66. The second-order valence-corrected chi connectivity index (χ2v) is 6.19. The van der Waals surface area contributed by atoms with Crippen molar-refractivity contribution < 1.29 is 13.9 Å². The van der Waals surface area contributed by atoms with Crippen molar-refractivity contribution in [1.29, 1.82) is 0 Å². The average molecular weight is 352 g/mol. The molecule has 134 valence electrons. The van der Waals surface area contributed by atoms with Crippen LogP contribution in [0.4, 0.5) is 0 Å². The van der Waals surface area contributed by atoms with Crippen molar-refractivity contribution in [2.45, 2.75) is 6.42 Å². The average Bonchev–Trinajstić information content (AvgIpc) is 3.17. The van der Waals surface area contributed by atoms with Gasteiger partial charge in [-0.15, -0.1) is 0 Å². The van der Waals surface area contributed by atoms with Crippen LogP contribution in [-0.2, 0) is 11.2 Å². The molecule has 1 saturated heterocycles. The third-order valence-corrected chi connectivity index (χ3v) is 4.36. The van der Waals surface area contributed by atoms with Crippen molar-refractivity contribution in [1.82, 2.24) is 20.2 Å². The SMILES string of the molecule is O=C(NCN1CCOCC1)c1nc(Cc2ccccc2)c2occc2n1. The largest absolute Gasteiger partial charge is 0.461 e. The normalized spacial score (nSPS) is 15.2. The quantitative estimate of drug-likeness (QED) is 0.755. The zero-order valence-corrected chi connectivity index (χ0v) is 14.4. The summed E-state index contributed by atoms with van der Waals surface area (Å²) in [6, 6.07) is 11.7. The molecular formula is C19H20N4O3. The third-order valence-electron chi connectivity index (χ3n) is 4.36. The maximum Gasteiger partial charge on any atom is 0.290 e. The zero-order chi connectivity index (χ0) is 17.8. The maximum atomic E-state index is 12.5. The van der Waals surface area contributed by atoms with E-state index in [-0.39, 0.29) is 11.7 Å². The highest BCUT2D eigenvalue weighted by Gasteiger charge is 2.17. The molecule has 2 aromatic heterocycles. The summed E-state index contributed by atoms with van der Waals surface area (Å²) < 4.78 is 10.8. The van der Waals surface area contributed by atoms with Gasteiger partial charge in [0, 0.05) is 25.6 Å². The Morgan fingerprint density at radius 2 is 1.92 bits per heavy atom. The van der Waals surface area contributed by atoms with E-state index >= 15 is 0 Å². The molecule has 26 heavy (non-hydrogen) atoms. The number of morpholine rings is 1. The molecule has 4 rings (SSSR count). The molecule has 0 spiro atoms. The number of carbonyl (C=O) groups excluding carboxylic acids is 1. The summed E-state index contributed by atoms with van der Waals surface area (Å²) in [6.07, 6.45) is 2.15. The lowest BCUT2D eigenvalue weighted by Gasteiger charge is -2.26. The Balaban J connectivity index is 1.54. The number of amides is 1. The van der Waals surface area contributed by atoms with Crippen molar-refractivity contribution in [3.05, 3.63) is 59.7 Å². The number of hydrogen-bond acceptors (Lipinski definition) is 6. The lowest BCUT2D eigenvalue weighted by Crippen LogP contribution is -2.44. The fourth-order valence-corrected chi connectivity index (χ4v) is 2.96. The Kier molecular flexibility index (Phi) is 4.90. The Bertz CT molecular complexity index is 888. The molecule has 0 saturated carbocycles. The molecule has 0 unspecified atom stereocenters. The third kappa shape index (κ3) is 3.74. The van der Waals surface area contributed by atoms with E-state index < -0.39 is 0 Å². The summed E-state index contributed by atoms with van der Waals surface area (Å²) in [4.78, 5) is 23.5. The van der Waals surface area contributed by atoms with E-state index in [0.717, 1.165) is 18.7 Å². The van der Waals surface area contributed by atoms with E-state index in [0.29, 0.717) is 43.1 Å². The molecular weight excluding hydrogens is 332 g/mol. The summed E-state index contributed by atoms with van der Waals surface area (Å²) in [7, 11) is 0. The number of nitrogens with zero attached hydrogens (tertiary/aromatic N) is 3. The van der Waals surface area contributed by atoms with Gasteiger partial charge in [0.25, 0.3) is 5.91 Å². The molecule has 1 fully saturated rings. The van der Waals surface area contributed by atoms with Gasteiger partial charge in [-0.1, -0.05) is 30.3 Å². The van der Waals surface area contributed by atoms with Crippen molar-refractivity contribution in [2.24, 2.45) is 0 Å². The number of ether oxygens (including phenoxy) is 1. The number of nitrogens with one attached hydrogen (secondary N) is 1. The predicted molar refractivity (Wildman–Crippen MR) is 95.8 cm³/mol. The Morgan fingerprint density at radius 1 is 1.12 bits per heavy atom. The Labute approximate surface area is 151 Å². The first-order chi connectivity index (χ1) is 12.8. The smallest absolute Gasteiger partial charge is 0.290 e. The van der Waals surface area contributed by atoms with Gasteiger partial charge in [-0.3, -0.25) is 9.69 Å². The van der Waals surface area contributed by atoms with Gasteiger partial charge < -0.3 is 14.5 Å². The molecule has 1 aliphatic rings. The van der Waals surface area contributed by atoms with Crippen molar-refractivity contribution >= 4 is 17.0 Å². The zero-order valence-electron chi connectivity index (χ0n) is 14.4. The minimum absolute atomic E-state index is 0.165. The second kappa shape index (κ2) is 7.63. The number of aromatic nitrogens is 2. The standard InChI is InChI=1S/C19H20N4O3/c24-19(20-13-23-7-10-25-11-8-23)18-21-15-6-9-26-17(15)16(22-18)12-14-4-2-1-3-5-14/h1-6,9H,7-8,10-13H2,(H,20,24). The fourth-order valence-electron chi connectivity index (χ4n) is 2.96. The molecule has 1 aromatic carbocycles. The van der Waals surface area contributed by atoms with Gasteiger partial charge in [0.2, 0.25) is 5.82 Å². The van der Waals surface area contributed by atoms with E-state index in [9.17, 15) is 4.79 Å². The van der Waals surface area contributed by atoms with Crippen LogP contribution in [0, 0.1) is 0 Å². The van der Waals surface area contributed by atoms with Gasteiger partial charge in [0.1, 0.15) is 5.52 Å². The molecule has 1 amide bonds. The van der Waals surface area contributed by atoms with Gasteiger partial charge in [0.15, 0.2) is 5.58 Å². The first-order valence-corrected chi connectivity index (χ1v) is 8.66. The molecule has 3 aromatic rings. The summed E-state index contributed by atoms with van der Waals surface area (Å²) in [5, 5.41) is 2.89. The molecule has 0 radical (unpaired) electrons. The number of rotatable bonds is 5. The monoisotopic (exact) mass is 352 g/mol. The van der Waals surface area contributed by atoms with E-state index in [2.05, 4.69) is 20.2 Å². The Hall–Kier alpha value is -2.77. The second-order valence-electron chi connectivity index (χ2n) is 6.19. The van der Waals surface area contributed by atoms with Crippen LogP contribution in [0.5, 0.6) is 0 Å². The maximum absolute atomic E-state index is 12.5. The lowest BCUT2D eigenvalue weighted by molar-refractivity contribution is 0.0333. The highest BCUT2D eigenvalue weighted by atomic mass is 16.5. The molecule has 3 heterocycles.